The molecule has 0 heterocycles. The molecular weight excluding hydrogens is 439 g/mol. The van der Waals surface area contributed by atoms with Gasteiger partial charge in [0.25, 0.3) is 5.91 Å². The topological polar surface area (TPSA) is 57.7 Å². The molecule has 0 atom stereocenters. The van der Waals surface area contributed by atoms with Gasteiger partial charge < -0.3 is 4.90 Å². The predicted molar refractivity (Wildman–Crippen MR) is 104 cm³/mol. The molecule has 1 aromatic rings. The molecule has 7 heteroatoms. The summed E-state index contributed by atoms with van der Waals surface area (Å²) >= 11 is 2.10. The molecule has 1 aromatic carbocycles. The van der Waals surface area contributed by atoms with Crippen LogP contribution in [0, 0.1) is 3.57 Å². The number of halogens is 1. The van der Waals surface area contributed by atoms with Crippen LogP contribution in [0.5, 0.6) is 0 Å². The third-order valence-electron chi connectivity index (χ3n) is 4.56. The minimum atomic E-state index is -3.55. The molecule has 0 aliphatic heterocycles. The summed E-state index contributed by atoms with van der Waals surface area (Å²) in [4.78, 5) is 15.1. The Morgan fingerprint density at radius 3 is 2.38 bits per heavy atom. The number of sulfonamides is 1. The van der Waals surface area contributed by atoms with E-state index in [-0.39, 0.29) is 16.8 Å². The molecule has 0 aromatic heterocycles. The standard InChI is InChI=1S/C17H25IN2O3S/c1-4-20(13-8-6-5-7-9-13)17(21)15-12-14(10-11-16(15)18)24(22,23)19(2)3/h10-13H,4-9H2,1-3H3. The molecule has 1 fully saturated rings. The van der Waals surface area contributed by atoms with Crippen molar-refractivity contribution >= 4 is 38.5 Å². The molecule has 24 heavy (non-hydrogen) atoms. The summed E-state index contributed by atoms with van der Waals surface area (Å²) in [5.74, 6) is -0.0652. The summed E-state index contributed by atoms with van der Waals surface area (Å²) in [6.07, 6.45) is 5.61. The highest BCUT2D eigenvalue weighted by molar-refractivity contribution is 14.1. The van der Waals surface area contributed by atoms with Gasteiger partial charge in [0.05, 0.1) is 10.5 Å². The Bertz CT molecular complexity index is 698. The van der Waals surface area contributed by atoms with Gasteiger partial charge in [-0.1, -0.05) is 19.3 Å². The second kappa shape index (κ2) is 8.14. The van der Waals surface area contributed by atoms with E-state index in [1.807, 2.05) is 11.8 Å². The molecule has 0 unspecified atom stereocenters. The van der Waals surface area contributed by atoms with Crippen LogP contribution < -0.4 is 0 Å². The molecule has 1 saturated carbocycles. The lowest BCUT2D eigenvalue weighted by atomic mass is 9.93. The van der Waals surface area contributed by atoms with Crippen molar-refractivity contribution < 1.29 is 13.2 Å². The van der Waals surface area contributed by atoms with Crippen LogP contribution in [-0.2, 0) is 10.0 Å². The highest BCUT2D eigenvalue weighted by Crippen LogP contribution is 2.26. The maximum absolute atomic E-state index is 13.1. The van der Waals surface area contributed by atoms with Crippen LogP contribution in [0.15, 0.2) is 23.1 Å². The summed E-state index contributed by atoms with van der Waals surface area (Å²) in [5, 5.41) is 0. The van der Waals surface area contributed by atoms with Crippen LogP contribution in [0.3, 0.4) is 0 Å². The van der Waals surface area contributed by atoms with Crippen molar-refractivity contribution in [2.24, 2.45) is 0 Å². The maximum atomic E-state index is 13.1. The van der Waals surface area contributed by atoms with Gasteiger partial charge in [0.2, 0.25) is 10.0 Å². The Morgan fingerprint density at radius 2 is 1.83 bits per heavy atom. The van der Waals surface area contributed by atoms with Crippen LogP contribution >= 0.6 is 22.6 Å². The average molecular weight is 464 g/mol. The zero-order valence-corrected chi connectivity index (χ0v) is 17.4. The SMILES string of the molecule is CCN(C(=O)c1cc(S(=O)(=O)N(C)C)ccc1I)C1CCCCC1. The van der Waals surface area contributed by atoms with E-state index in [4.69, 9.17) is 0 Å². The van der Waals surface area contributed by atoms with E-state index >= 15 is 0 Å². The van der Waals surface area contributed by atoms with E-state index in [1.54, 1.807) is 12.1 Å². The summed E-state index contributed by atoms with van der Waals surface area (Å²) in [6.45, 7) is 2.63. The quantitative estimate of drug-likeness (QED) is 0.629. The van der Waals surface area contributed by atoms with Crippen molar-refractivity contribution in [1.29, 1.82) is 0 Å². The van der Waals surface area contributed by atoms with Crippen molar-refractivity contribution in [1.82, 2.24) is 9.21 Å². The third-order valence-corrected chi connectivity index (χ3v) is 7.32. The Hall–Kier alpha value is -0.670. The van der Waals surface area contributed by atoms with Crippen LogP contribution in [-0.4, -0.2) is 50.2 Å². The zero-order chi connectivity index (χ0) is 17.9. The number of amides is 1. The van der Waals surface area contributed by atoms with Gasteiger partial charge >= 0.3 is 0 Å². The van der Waals surface area contributed by atoms with Crippen molar-refractivity contribution in [3.8, 4) is 0 Å². The summed E-state index contributed by atoms with van der Waals surface area (Å²) in [5.41, 5.74) is 0.478. The highest BCUT2D eigenvalue weighted by Gasteiger charge is 2.27. The van der Waals surface area contributed by atoms with Gasteiger partial charge in [-0.25, -0.2) is 12.7 Å². The molecule has 0 saturated heterocycles. The van der Waals surface area contributed by atoms with Gasteiger partial charge in [0.1, 0.15) is 0 Å². The maximum Gasteiger partial charge on any atom is 0.255 e. The molecule has 0 N–H and O–H groups in total. The second-order valence-corrected chi connectivity index (χ2v) is 9.63. The normalized spacial score (nSPS) is 16.4. The summed E-state index contributed by atoms with van der Waals surface area (Å²) in [7, 11) is -0.557. The lowest BCUT2D eigenvalue weighted by Crippen LogP contribution is -2.41. The lowest BCUT2D eigenvalue weighted by molar-refractivity contribution is 0.0646. The van der Waals surface area contributed by atoms with E-state index in [2.05, 4.69) is 22.6 Å². The molecular formula is C17H25IN2O3S. The van der Waals surface area contributed by atoms with Gasteiger partial charge in [-0.3, -0.25) is 4.79 Å². The molecule has 0 radical (unpaired) electrons. The minimum Gasteiger partial charge on any atom is -0.336 e. The number of rotatable bonds is 5. The number of carbonyl (C=O) groups excluding carboxylic acids is 1. The summed E-state index contributed by atoms with van der Waals surface area (Å²) < 4.78 is 26.7. The number of hydrogen-bond acceptors (Lipinski definition) is 3. The van der Waals surface area contributed by atoms with E-state index in [1.165, 1.54) is 30.9 Å². The number of nitrogens with zero attached hydrogens (tertiary/aromatic N) is 2. The van der Waals surface area contributed by atoms with Crippen molar-refractivity contribution in [2.75, 3.05) is 20.6 Å². The van der Waals surface area contributed by atoms with Crippen LogP contribution in [0.1, 0.15) is 49.4 Å². The fourth-order valence-corrected chi connectivity index (χ4v) is 4.65. The third kappa shape index (κ3) is 4.11. The molecule has 1 aliphatic rings. The first-order valence-electron chi connectivity index (χ1n) is 8.32. The first-order chi connectivity index (χ1) is 11.3. The first-order valence-corrected chi connectivity index (χ1v) is 10.8. The fraction of sp³-hybridized carbons (Fsp3) is 0.588. The molecule has 0 spiro atoms. The van der Waals surface area contributed by atoms with Gasteiger partial charge in [-0.05, 0) is 60.6 Å². The fourth-order valence-electron chi connectivity index (χ4n) is 3.15. The average Bonchev–Trinajstić information content (AvgIpc) is 2.56. The zero-order valence-electron chi connectivity index (χ0n) is 14.5. The second-order valence-electron chi connectivity index (χ2n) is 6.31. The van der Waals surface area contributed by atoms with Crippen molar-refractivity contribution in [3.05, 3.63) is 27.3 Å². The molecule has 1 aliphatic carbocycles. The van der Waals surface area contributed by atoms with E-state index < -0.39 is 10.0 Å². The van der Waals surface area contributed by atoms with E-state index in [9.17, 15) is 13.2 Å². The molecule has 2 rings (SSSR count). The molecule has 134 valence electrons. The minimum absolute atomic E-state index is 0.0652. The Labute approximate surface area is 158 Å². The van der Waals surface area contributed by atoms with Gasteiger partial charge in [-0.2, -0.15) is 0 Å². The van der Waals surface area contributed by atoms with Crippen molar-refractivity contribution in [2.45, 2.75) is 50.0 Å². The number of carbonyl (C=O) groups is 1. The molecule has 5 nitrogen and oxygen atoms in total. The highest BCUT2D eigenvalue weighted by atomic mass is 127. The van der Waals surface area contributed by atoms with E-state index in [0.717, 1.165) is 29.3 Å². The van der Waals surface area contributed by atoms with Crippen molar-refractivity contribution in [3.63, 3.8) is 0 Å². The smallest absolute Gasteiger partial charge is 0.255 e. The van der Waals surface area contributed by atoms with Gasteiger partial charge in [0, 0.05) is 30.3 Å². The van der Waals surface area contributed by atoms with Crippen LogP contribution in [0.4, 0.5) is 0 Å². The largest absolute Gasteiger partial charge is 0.336 e. The van der Waals surface area contributed by atoms with E-state index in [0.29, 0.717) is 12.1 Å². The lowest BCUT2D eigenvalue weighted by Gasteiger charge is -2.34. The Morgan fingerprint density at radius 1 is 1.21 bits per heavy atom. The molecule has 1 amide bonds. The van der Waals surface area contributed by atoms with Crippen LogP contribution in [0.25, 0.3) is 0 Å². The monoisotopic (exact) mass is 464 g/mol. The number of benzene rings is 1. The van der Waals surface area contributed by atoms with Crippen LogP contribution in [0.2, 0.25) is 0 Å². The first kappa shape index (κ1) is 19.7. The van der Waals surface area contributed by atoms with Gasteiger partial charge in [0.15, 0.2) is 0 Å². The molecule has 0 bridgehead atoms. The number of hydrogen-bond donors (Lipinski definition) is 0. The summed E-state index contributed by atoms with van der Waals surface area (Å²) in [6, 6.07) is 5.05. The van der Waals surface area contributed by atoms with Gasteiger partial charge in [-0.15, -0.1) is 0 Å². The Kier molecular flexibility index (Phi) is 6.66. The Balaban J connectivity index is 2.37. The predicted octanol–water partition coefficient (Wildman–Crippen LogP) is 3.34.